The van der Waals surface area contributed by atoms with E-state index in [4.69, 9.17) is 4.74 Å². The summed E-state index contributed by atoms with van der Waals surface area (Å²) in [5.41, 5.74) is 3.95. The van der Waals surface area contributed by atoms with Crippen molar-refractivity contribution in [2.75, 3.05) is 51.8 Å². The lowest BCUT2D eigenvalue weighted by atomic mass is 9.87. The number of carbonyl (C=O) groups excluding carboxylic acids is 1. The maximum absolute atomic E-state index is 13.0. The summed E-state index contributed by atoms with van der Waals surface area (Å²) >= 11 is 0. The van der Waals surface area contributed by atoms with Crippen LogP contribution in [0, 0.1) is 0 Å². The molecule has 5 nitrogen and oxygen atoms in total. The summed E-state index contributed by atoms with van der Waals surface area (Å²) in [5.74, 6) is 1.12. The summed E-state index contributed by atoms with van der Waals surface area (Å²) in [5, 5.41) is 0. The quantitative estimate of drug-likeness (QED) is 0.781. The fourth-order valence-electron chi connectivity index (χ4n) is 4.70. The molecule has 0 bridgehead atoms. The average Bonchev–Trinajstić information content (AvgIpc) is 2.78. The van der Waals surface area contributed by atoms with Crippen molar-refractivity contribution in [3.8, 4) is 5.75 Å². The Morgan fingerprint density at radius 2 is 1.79 bits per heavy atom. The number of anilines is 1. The highest BCUT2D eigenvalue weighted by molar-refractivity contribution is 5.78. The molecule has 1 heterocycles. The number of likely N-dealkylation sites (N-methyl/N-ethyl adjacent to an activating group) is 1. The molecule has 0 unspecified atom stereocenters. The fraction of sp³-hybridized carbons (Fsp3) is 0.458. The Kier molecular flexibility index (Phi) is 6.05. The van der Waals surface area contributed by atoms with Crippen LogP contribution in [0.3, 0.4) is 0 Å². The first kappa shape index (κ1) is 19.8. The molecule has 1 amide bonds. The van der Waals surface area contributed by atoms with Crippen LogP contribution in [-0.2, 0) is 11.2 Å². The Morgan fingerprint density at radius 3 is 2.59 bits per heavy atom. The number of benzene rings is 2. The number of para-hydroxylation sites is 2. The molecule has 0 aromatic heterocycles. The lowest BCUT2D eigenvalue weighted by molar-refractivity contribution is -0.133. The number of hydrogen-bond donors (Lipinski definition) is 0. The van der Waals surface area contributed by atoms with E-state index in [1.807, 2.05) is 23.1 Å². The molecule has 1 atom stereocenters. The molecule has 2 aliphatic rings. The average molecular weight is 394 g/mol. The van der Waals surface area contributed by atoms with Gasteiger partial charge in [-0.1, -0.05) is 36.4 Å². The van der Waals surface area contributed by atoms with Crippen LogP contribution in [0.4, 0.5) is 5.69 Å². The first-order chi connectivity index (χ1) is 14.2. The number of fused-ring (bicyclic) bond motifs is 1. The zero-order valence-corrected chi connectivity index (χ0v) is 17.5. The molecule has 29 heavy (non-hydrogen) atoms. The monoisotopic (exact) mass is 393 g/mol. The third-order valence-electron chi connectivity index (χ3n) is 6.31. The normalized spacial score (nSPS) is 19.2. The molecule has 0 saturated carbocycles. The number of piperazine rings is 1. The Morgan fingerprint density at radius 1 is 1.07 bits per heavy atom. The highest BCUT2D eigenvalue weighted by Crippen LogP contribution is 2.33. The van der Waals surface area contributed by atoms with E-state index in [0.29, 0.717) is 12.6 Å². The maximum Gasteiger partial charge on any atom is 0.236 e. The molecule has 1 aliphatic heterocycles. The van der Waals surface area contributed by atoms with Gasteiger partial charge in [-0.2, -0.15) is 0 Å². The van der Waals surface area contributed by atoms with Gasteiger partial charge in [0.05, 0.1) is 19.3 Å². The molecule has 2 aromatic carbocycles. The Labute approximate surface area is 173 Å². The van der Waals surface area contributed by atoms with Crippen molar-refractivity contribution in [1.82, 2.24) is 9.80 Å². The largest absolute Gasteiger partial charge is 0.495 e. The first-order valence-electron chi connectivity index (χ1n) is 10.6. The number of nitrogens with zero attached hydrogens (tertiary/aromatic N) is 3. The van der Waals surface area contributed by atoms with E-state index in [0.717, 1.165) is 50.5 Å². The van der Waals surface area contributed by atoms with Crippen molar-refractivity contribution >= 4 is 11.6 Å². The lowest BCUT2D eigenvalue weighted by Crippen LogP contribution is -2.51. The number of methoxy groups -OCH3 is 1. The highest BCUT2D eigenvalue weighted by Gasteiger charge is 2.28. The van der Waals surface area contributed by atoms with Crippen molar-refractivity contribution in [2.24, 2.45) is 0 Å². The molecular weight excluding hydrogens is 362 g/mol. The van der Waals surface area contributed by atoms with Crippen LogP contribution in [0.2, 0.25) is 0 Å². The SMILES string of the molecule is COc1ccccc1N1CCN(C(=O)CN(C)[C@@H]2CCCc3ccccc32)CC1. The summed E-state index contributed by atoms with van der Waals surface area (Å²) in [6.45, 7) is 3.66. The van der Waals surface area contributed by atoms with Crippen molar-refractivity contribution in [1.29, 1.82) is 0 Å². The van der Waals surface area contributed by atoms with Gasteiger partial charge in [-0.05, 0) is 49.6 Å². The van der Waals surface area contributed by atoms with Gasteiger partial charge in [-0.15, -0.1) is 0 Å². The molecule has 1 aliphatic carbocycles. The number of carbonyl (C=O) groups is 1. The van der Waals surface area contributed by atoms with Crippen molar-refractivity contribution in [2.45, 2.75) is 25.3 Å². The van der Waals surface area contributed by atoms with Crippen LogP contribution in [-0.4, -0.2) is 62.6 Å². The van der Waals surface area contributed by atoms with Crippen molar-refractivity contribution in [3.63, 3.8) is 0 Å². The molecule has 0 N–H and O–H groups in total. The fourth-order valence-corrected chi connectivity index (χ4v) is 4.70. The zero-order valence-electron chi connectivity index (χ0n) is 17.5. The topological polar surface area (TPSA) is 36.0 Å². The van der Waals surface area contributed by atoms with Crippen LogP contribution in [0.1, 0.15) is 30.0 Å². The van der Waals surface area contributed by atoms with Crippen LogP contribution in [0.25, 0.3) is 0 Å². The van der Waals surface area contributed by atoms with Gasteiger partial charge in [-0.25, -0.2) is 0 Å². The van der Waals surface area contributed by atoms with Crippen molar-refractivity contribution < 1.29 is 9.53 Å². The molecule has 1 saturated heterocycles. The molecule has 4 rings (SSSR count). The molecule has 2 aromatic rings. The van der Waals surface area contributed by atoms with Gasteiger partial charge in [0.1, 0.15) is 5.75 Å². The van der Waals surface area contributed by atoms with Crippen molar-refractivity contribution in [3.05, 3.63) is 59.7 Å². The third-order valence-corrected chi connectivity index (χ3v) is 6.31. The highest BCUT2D eigenvalue weighted by atomic mass is 16.5. The minimum absolute atomic E-state index is 0.232. The van der Waals surface area contributed by atoms with Crippen LogP contribution < -0.4 is 9.64 Å². The Hall–Kier alpha value is -2.53. The molecule has 0 radical (unpaired) electrons. The maximum atomic E-state index is 13.0. The van der Waals surface area contributed by atoms with Gasteiger partial charge in [0, 0.05) is 32.2 Å². The summed E-state index contributed by atoms with van der Waals surface area (Å²) in [6, 6.07) is 17.1. The number of hydrogen-bond acceptors (Lipinski definition) is 4. The van der Waals surface area contributed by atoms with Gasteiger partial charge in [0.25, 0.3) is 0 Å². The minimum Gasteiger partial charge on any atom is -0.495 e. The van der Waals surface area contributed by atoms with E-state index in [-0.39, 0.29) is 5.91 Å². The van der Waals surface area contributed by atoms with Gasteiger partial charge in [0.2, 0.25) is 5.91 Å². The number of amides is 1. The Bertz CT molecular complexity index is 846. The number of ether oxygens (including phenoxy) is 1. The second-order valence-electron chi connectivity index (χ2n) is 8.06. The molecular formula is C24H31N3O2. The number of rotatable bonds is 5. The number of aryl methyl sites for hydroxylation is 1. The van der Waals surface area contributed by atoms with Gasteiger partial charge in [-0.3, -0.25) is 9.69 Å². The van der Waals surface area contributed by atoms with E-state index in [1.165, 1.54) is 17.5 Å². The standard InChI is InChI=1S/C24H31N3O2/c1-25(21-12-7-9-19-8-3-4-10-20(19)21)18-24(28)27-16-14-26(15-17-27)22-11-5-6-13-23(22)29-2/h3-6,8,10-11,13,21H,7,9,12,14-18H2,1-2H3/t21-/m1/s1. The van der Waals surface area contributed by atoms with E-state index in [1.54, 1.807) is 7.11 Å². The molecule has 5 heteroatoms. The molecule has 1 fully saturated rings. The summed E-state index contributed by atoms with van der Waals surface area (Å²) in [7, 11) is 3.80. The summed E-state index contributed by atoms with van der Waals surface area (Å²) < 4.78 is 5.49. The lowest BCUT2D eigenvalue weighted by Gasteiger charge is -2.38. The van der Waals surface area contributed by atoms with Gasteiger partial charge < -0.3 is 14.5 Å². The smallest absolute Gasteiger partial charge is 0.236 e. The van der Waals surface area contributed by atoms with Crippen LogP contribution >= 0.6 is 0 Å². The van der Waals surface area contributed by atoms with Gasteiger partial charge in [0.15, 0.2) is 0 Å². The Balaban J connectivity index is 1.35. The van der Waals surface area contributed by atoms with E-state index in [9.17, 15) is 4.79 Å². The summed E-state index contributed by atoms with van der Waals surface area (Å²) in [4.78, 5) is 19.5. The first-order valence-corrected chi connectivity index (χ1v) is 10.6. The predicted molar refractivity (Wildman–Crippen MR) is 117 cm³/mol. The van der Waals surface area contributed by atoms with E-state index < -0.39 is 0 Å². The third kappa shape index (κ3) is 4.25. The van der Waals surface area contributed by atoms with Gasteiger partial charge >= 0.3 is 0 Å². The predicted octanol–water partition coefficient (Wildman–Crippen LogP) is 3.35. The zero-order chi connectivity index (χ0) is 20.2. The minimum atomic E-state index is 0.232. The van der Waals surface area contributed by atoms with Crippen LogP contribution in [0.15, 0.2) is 48.5 Å². The molecule has 0 spiro atoms. The molecule has 154 valence electrons. The summed E-state index contributed by atoms with van der Waals surface area (Å²) in [6.07, 6.45) is 3.47. The second kappa shape index (κ2) is 8.87. The van der Waals surface area contributed by atoms with E-state index >= 15 is 0 Å². The van der Waals surface area contributed by atoms with Crippen LogP contribution in [0.5, 0.6) is 5.75 Å². The van der Waals surface area contributed by atoms with E-state index in [2.05, 4.69) is 47.2 Å². The second-order valence-corrected chi connectivity index (χ2v) is 8.06.